The zero-order valence-corrected chi connectivity index (χ0v) is 12.0. The molecule has 106 valence electrons. The predicted octanol–water partition coefficient (Wildman–Crippen LogP) is 4.17. The molecule has 0 bridgehead atoms. The Morgan fingerprint density at radius 3 is 2.86 bits per heavy atom. The van der Waals surface area contributed by atoms with Gasteiger partial charge in [0.2, 0.25) is 0 Å². The van der Waals surface area contributed by atoms with Crippen molar-refractivity contribution < 1.29 is 18.7 Å². The van der Waals surface area contributed by atoms with Gasteiger partial charge in [-0.2, -0.15) is 4.98 Å². The second-order valence-corrected chi connectivity index (χ2v) is 5.11. The van der Waals surface area contributed by atoms with Crippen LogP contribution in [0.15, 0.2) is 45.3 Å². The highest BCUT2D eigenvalue weighted by molar-refractivity contribution is 9.10. The van der Waals surface area contributed by atoms with Crippen LogP contribution in [0.4, 0.5) is 16.1 Å². The topological polar surface area (TPSA) is 75.4 Å². The average molecular weight is 351 g/mol. The minimum atomic E-state index is -1.05. The Kier molecular flexibility index (Phi) is 3.34. The van der Waals surface area contributed by atoms with Crippen LogP contribution in [0.3, 0.4) is 0 Å². The van der Waals surface area contributed by atoms with Crippen molar-refractivity contribution >= 4 is 44.7 Å². The van der Waals surface area contributed by atoms with E-state index in [0.29, 0.717) is 21.3 Å². The first kappa shape index (κ1) is 13.6. The highest BCUT2D eigenvalue weighted by Gasteiger charge is 2.11. The van der Waals surface area contributed by atoms with Crippen LogP contribution in [0, 0.1) is 5.82 Å². The smallest absolute Gasteiger partial charge is 0.335 e. The van der Waals surface area contributed by atoms with Crippen LogP contribution in [0.1, 0.15) is 10.4 Å². The van der Waals surface area contributed by atoms with Gasteiger partial charge in [0.05, 0.1) is 11.3 Å². The number of aromatic carboxylic acids is 1. The molecule has 1 aromatic heterocycles. The maximum Gasteiger partial charge on any atom is 0.335 e. The summed E-state index contributed by atoms with van der Waals surface area (Å²) in [6.07, 6.45) is 0. The van der Waals surface area contributed by atoms with Crippen molar-refractivity contribution in [3.8, 4) is 0 Å². The number of benzene rings is 2. The molecule has 0 aliphatic rings. The summed E-state index contributed by atoms with van der Waals surface area (Å²) < 4.78 is 19.3. The number of nitrogens with one attached hydrogen (secondary N) is 1. The Labute approximate surface area is 126 Å². The van der Waals surface area contributed by atoms with Crippen molar-refractivity contribution in [1.29, 1.82) is 0 Å². The lowest BCUT2D eigenvalue weighted by Gasteiger charge is -2.04. The van der Waals surface area contributed by atoms with Crippen LogP contribution < -0.4 is 5.32 Å². The molecule has 0 aliphatic heterocycles. The van der Waals surface area contributed by atoms with Gasteiger partial charge in [0.25, 0.3) is 6.01 Å². The summed E-state index contributed by atoms with van der Waals surface area (Å²) in [5.41, 5.74) is 1.41. The fourth-order valence-electron chi connectivity index (χ4n) is 1.82. The molecule has 3 rings (SSSR count). The summed E-state index contributed by atoms with van der Waals surface area (Å²) in [4.78, 5) is 15.1. The number of halogens is 2. The number of nitrogens with zero attached hydrogens (tertiary/aromatic N) is 1. The number of oxazole rings is 1. The van der Waals surface area contributed by atoms with Gasteiger partial charge in [0, 0.05) is 4.47 Å². The van der Waals surface area contributed by atoms with Gasteiger partial charge in [0.1, 0.15) is 11.3 Å². The first-order valence-corrected chi connectivity index (χ1v) is 6.68. The van der Waals surface area contributed by atoms with Crippen molar-refractivity contribution in [2.45, 2.75) is 0 Å². The van der Waals surface area contributed by atoms with E-state index in [1.165, 1.54) is 24.3 Å². The van der Waals surface area contributed by atoms with Gasteiger partial charge in [-0.05, 0) is 52.3 Å². The third-order valence-corrected chi connectivity index (χ3v) is 3.50. The lowest BCUT2D eigenvalue weighted by atomic mass is 10.2. The van der Waals surface area contributed by atoms with E-state index in [1.807, 2.05) is 0 Å². The molecule has 0 aliphatic carbocycles. The molecule has 0 saturated carbocycles. The molecule has 0 unspecified atom stereocenters. The normalized spacial score (nSPS) is 10.8. The van der Waals surface area contributed by atoms with E-state index in [2.05, 4.69) is 26.2 Å². The van der Waals surface area contributed by atoms with Crippen LogP contribution in [0.25, 0.3) is 11.1 Å². The lowest BCUT2D eigenvalue weighted by molar-refractivity contribution is 0.0697. The lowest BCUT2D eigenvalue weighted by Crippen LogP contribution is -1.94. The number of hydrogen-bond acceptors (Lipinski definition) is 4. The van der Waals surface area contributed by atoms with Crippen LogP contribution in [0.5, 0.6) is 0 Å². The van der Waals surface area contributed by atoms with E-state index in [-0.39, 0.29) is 11.6 Å². The highest BCUT2D eigenvalue weighted by Crippen LogP contribution is 2.28. The van der Waals surface area contributed by atoms with E-state index in [0.717, 1.165) is 0 Å². The molecular formula is C14H8BrFN2O3. The molecule has 0 atom stereocenters. The predicted molar refractivity (Wildman–Crippen MR) is 78.4 cm³/mol. The van der Waals surface area contributed by atoms with E-state index >= 15 is 0 Å². The molecule has 21 heavy (non-hydrogen) atoms. The molecule has 0 radical (unpaired) electrons. The summed E-state index contributed by atoms with van der Waals surface area (Å²) in [5.74, 6) is -1.44. The van der Waals surface area contributed by atoms with Crippen molar-refractivity contribution in [2.75, 3.05) is 5.32 Å². The molecule has 0 spiro atoms. The Hall–Kier alpha value is -2.41. The zero-order chi connectivity index (χ0) is 15.0. The highest BCUT2D eigenvalue weighted by atomic mass is 79.9. The molecule has 7 heteroatoms. The fourth-order valence-corrected chi connectivity index (χ4v) is 2.17. The number of rotatable bonds is 3. The first-order chi connectivity index (χ1) is 10.0. The Bertz CT molecular complexity index is 847. The third-order valence-electron chi connectivity index (χ3n) is 2.81. The van der Waals surface area contributed by atoms with Gasteiger partial charge in [-0.25, -0.2) is 9.18 Å². The summed E-state index contributed by atoms with van der Waals surface area (Å²) in [5, 5.41) is 11.8. The molecule has 5 nitrogen and oxygen atoms in total. The van der Waals surface area contributed by atoms with Crippen LogP contribution in [0.2, 0.25) is 0 Å². The Morgan fingerprint density at radius 2 is 2.10 bits per heavy atom. The fraction of sp³-hybridized carbons (Fsp3) is 0. The Balaban J connectivity index is 1.97. The van der Waals surface area contributed by atoms with Gasteiger partial charge in [-0.3, -0.25) is 0 Å². The van der Waals surface area contributed by atoms with Crippen molar-refractivity contribution in [3.05, 3.63) is 52.3 Å². The molecule has 2 N–H and O–H groups in total. The maximum atomic E-state index is 13.2. The third kappa shape index (κ3) is 2.73. The van der Waals surface area contributed by atoms with Gasteiger partial charge in [-0.1, -0.05) is 0 Å². The van der Waals surface area contributed by atoms with Crippen LogP contribution in [-0.4, -0.2) is 16.1 Å². The largest absolute Gasteiger partial charge is 0.478 e. The summed E-state index contributed by atoms with van der Waals surface area (Å²) in [6, 6.07) is 8.70. The van der Waals surface area contributed by atoms with Crippen molar-refractivity contribution in [1.82, 2.24) is 4.98 Å². The number of hydrogen-bond donors (Lipinski definition) is 2. The molecule has 0 fully saturated rings. The number of aromatic nitrogens is 1. The molecular weight excluding hydrogens is 343 g/mol. The number of carboxylic acids is 1. The van der Waals surface area contributed by atoms with E-state index in [1.54, 1.807) is 12.1 Å². The molecule has 0 amide bonds. The molecule has 3 aromatic rings. The molecule has 1 heterocycles. The van der Waals surface area contributed by atoms with Gasteiger partial charge in [-0.15, -0.1) is 0 Å². The molecule has 0 saturated heterocycles. The summed E-state index contributed by atoms with van der Waals surface area (Å²) in [7, 11) is 0. The maximum absolute atomic E-state index is 13.2. The van der Waals surface area contributed by atoms with E-state index in [9.17, 15) is 9.18 Å². The zero-order valence-electron chi connectivity index (χ0n) is 10.4. The van der Waals surface area contributed by atoms with E-state index < -0.39 is 11.8 Å². The number of carboxylic acid groups (broad SMARTS) is 1. The van der Waals surface area contributed by atoms with Gasteiger partial charge >= 0.3 is 5.97 Å². The monoisotopic (exact) mass is 350 g/mol. The average Bonchev–Trinajstić information content (AvgIpc) is 2.84. The summed E-state index contributed by atoms with van der Waals surface area (Å²) >= 11 is 3.29. The number of fused-ring (bicyclic) bond motifs is 1. The van der Waals surface area contributed by atoms with Crippen LogP contribution in [-0.2, 0) is 0 Å². The quantitative estimate of drug-likeness (QED) is 0.741. The number of carbonyl (C=O) groups is 1. The molecule has 2 aromatic carbocycles. The standard InChI is InChI=1S/C14H8BrFN2O3/c15-9-3-2-8(16)6-11(9)18-14-17-10-4-1-7(13(19)20)5-12(10)21-14/h1-6H,(H,17,18)(H,19,20). The van der Waals surface area contributed by atoms with E-state index in [4.69, 9.17) is 9.52 Å². The van der Waals surface area contributed by atoms with Gasteiger partial charge < -0.3 is 14.8 Å². The Morgan fingerprint density at radius 1 is 1.29 bits per heavy atom. The second-order valence-electron chi connectivity index (χ2n) is 4.26. The van der Waals surface area contributed by atoms with Crippen molar-refractivity contribution in [3.63, 3.8) is 0 Å². The minimum Gasteiger partial charge on any atom is -0.478 e. The number of anilines is 2. The van der Waals surface area contributed by atoms with Gasteiger partial charge in [0.15, 0.2) is 5.58 Å². The van der Waals surface area contributed by atoms with Crippen molar-refractivity contribution in [2.24, 2.45) is 0 Å². The SMILES string of the molecule is O=C(O)c1ccc2nc(Nc3cc(F)ccc3Br)oc2c1. The minimum absolute atomic E-state index is 0.108. The second kappa shape index (κ2) is 5.17. The summed E-state index contributed by atoms with van der Waals surface area (Å²) in [6.45, 7) is 0. The first-order valence-electron chi connectivity index (χ1n) is 5.89. The van der Waals surface area contributed by atoms with Crippen LogP contribution >= 0.6 is 15.9 Å².